The fourth-order valence-electron chi connectivity index (χ4n) is 10.9. The van der Waals surface area contributed by atoms with Gasteiger partial charge in [-0.25, -0.2) is 0 Å². The Hall–Kier alpha value is -0.340. The largest absolute Gasteiger partial charge is 0.393 e. The molecular formula is C30H50O2. The van der Waals surface area contributed by atoms with Crippen molar-refractivity contribution in [1.29, 1.82) is 0 Å². The van der Waals surface area contributed by atoms with Crippen LogP contribution >= 0.6 is 0 Å². The molecule has 0 aliphatic heterocycles. The van der Waals surface area contributed by atoms with Gasteiger partial charge in [0.1, 0.15) is 0 Å². The van der Waals surface area contributed by atoms with E-state index in [0.717, 1.165) is 18.8 Å². The highest BCUT2D eigenvalue weighted by atomic mass is 16.3. The fourth-order valence-corrected chi connectivity index (χ4v) is 10.9. The number of hydrogen-bond acceptors (Lipinski definition) is 2. The molecule has 0 aromatic carbocycles. The maximum Gasteiger partial charge on any atom is 0.0762 e. The third-order valence-corrected chi connectivity index (χ3v) is 13.3. The molecule has 4 saturated carbocycles. The van der Waals surface area contributed by atoms with Gasteiger partial charge in [-0.1, -0.05) is 67.0 Å². The number of allylic oxidation sites excluding steroid dienone is 1. The Balaban J connectivity index is 1.63. The van der Waals surface area contributed by atoms with E-state index < -0.39 is 0 Å². The molecule has 0 bridgehead atoms. The summed E-state index contributed by atoms with van der Waals surface area (Å²) in [5, 5.41) is 22.8. The van der Waals surface area contributed by atoms with Crippen molar-refractivity contribution in [3.05, 3.63) is 11.6 Å². The van der Waals surface area contributed by atoms with Gasteiger partial charge < -0.3 is 10.2 Å². The van der Waals surface area contributed by atoms with Gasteiger partial charge in [-0.3, -0.25) is 0 Å². The lowest BCUT2D eigenvalue weighted by Crippen LogP contribution is -2.67. The summed E-state index contributed by atoms with van der Waals surface area (Å²) in [4.78, 5) is 0. The van der Waals surface area contributed by atoms with E-state index in [-0.39, 0.29) is 39.8 Å². The highest BCUT2D eigenvalue weighted by Gasteiger charge is 2.69. The summed E-state index contributed by atoms with van der Waals surface area (Å²) < 4.78 is 0. The zero-order chi connectivity index (χ0) is 23.5. The Labute approximate surface area is 197 Å². The van der Waals surface area contributed by atoms with Gasteiger partial charge in [-0.15, -0.1) is 0 Å². The van der Waals surface area contributed by atoms with Crippen molar-refractivity contribution >= 4 is 0 Å². The molecule has 11 unspecified atom stereocenters. The van der Waals surface area contributed by atoms with E-state index >= 15 is 0 Å². The Morgan fingerprint density at radius 3 is 2.19 bits per heavy atom. The van der Waals surface area contributed by atoms with Gasteiger partial charge in [0.25, 0.3) is 0 Å². The van der Waals surface area contributed by atoms with Crippen molar-refractivity contribution < 1.29 is 10.2 Å². The smallest absolute Gasteiger partial charge is 0.0762 e. The predicted molar refractivity (Wildman–Crippen MR) is 132 cm³/mol. The third kappa shape index (κ3) is 2.66. The van der Waals surface area contributed by atoms with Crippen LogP contribution in [0.15, 0.2) is 11.6 Å². The van der Waals surface area contributed by atoms with Crippen molar-refractivity contribution in [3.8, 4) is 0 Å². The summed E-state index contributed by atoms with van der Waals surface area (Å²) in [6.45, 7) is 19.7. The number of aliphatic hydroxyl groups excluding tert-OH is 2. The van der Waals surface area contributed by atoms with Gasteiger partial charge in [-0.05, 0) is 102 Å². The molecule has 32 heavy (non-hydrogen) atoms. The SMILES string of the molecule is CC1CCC2(C)CCC3(C)C(=CC(O)C4C5(C)CCC(O)C(C)(C)C5CCC43C)C2C1C. The molecule has 5 aliphatic rings. The minimum atomic E-state index is -0.353. The number of rotatable bonds is 0. The number of aliphatic hydroxyl groups is 2. The molecule has 4 fully saturated rings. The summed E-state index contributed by atoms with van der Waals surface area (Å²) in [6, 6.07) is 0. The summed E-state index contributed by atoms with van der Waals surface area (Å²) in [6.07, 6.45) is 11.5. The van der Waals surface area contributed by atoms with Crippen LogP contribution in [-0.2, 0) is 0 Å². The average Bonchev–Trinajstić information content (AvgIpc) is 2.70. The molecular weight excluding hydrogens is 392 g/mol. The summed E-state index contributed by atoms with van der Waals surface area (Å²) in [7, 11) is 0. The summed E-state index contributed by atoms with van der Waals surface area (Å²) in [5.41, 5.74) is 2.36. The van der Waals surface area contributed by atoms with Gasteiger partial charge in [0.2, 0.25) is 0 Å². The van der Waals surface area contributed by atoms with Crippen molar-refractivity contribution in [2.24, 2.45) is 56.7 Å². The van der Waals surface area contributed by atoms with Crippen LogP contribution in [0, 0.1) is 56.7 Å². The fraction of sp³-hybridized carbons (Fsp3) is 0.933. The maximum atomic E-state index is 12.0. The van der Waals surface area contributed by atoms with E-state index in [1.165, 1.54) is 38.5 Å². The molecule has 0 spiro atoms. The third-order valence-electron chi connectivity index (χ3n) is 13.3. The molecule has 0 amide bonds. The molecule has 0 aromatic heterocycles. The highest BCUT2D eigenvalue weighted by Crippen LogP contribution is 2.75. The van der Waals surface area contributed by atoms with Crippen LogP contribution in [0.25, 0.3) is 0 Å². The first kappa shape index (κ1) is 23.4. The first-order chi connectivity index (χ1) is 14.7. The molecule has 2 heteroatoms. The Bertz CT molecular complexity index is 814. The lowest BCUT2D eigenvalue weighted by molar-refractivity contribution is -0.225. The van der Waals surface area contributed by atoms with Crippen molar-refractivity contribution in [3.63, 3.8) is 0 Å². The molecule has 2 nitrogen and oxygen atoms in total. The molecule has 5 aliphatic carbocycles. The monoisotopic (exact) mass is 442 g/mol. The van der Waals surface area contributed by atoms with E-state index in [2.05, 4.69) is 61.5 Å². The highest BCUT2D eigenvalue weighted by molar-refractivity contribution is 5.35. The van der Waals surface area contributed by atoms with Gasteiger partial charge in [0.15, 0.2) is 0 Å². The zero-order valence-electron chi connectivity index (χ0n) is 22.2. The molecule has 0 aromatic rings. The zero-order valence-corrected chi connectivity index (χ0v) is 22.2. The standard InChI is InChI=1S/C30H50O2/c1-18-9-12-27(5)15-16-29(7)20(24(27)19(18)2)17-21(31)25-28(6)13-11-23(32)26(3,4)22(28)10-14-30(25,29)8/h17-19,21-25,31-32H,9-16H2,1-8H3. The first-order valence-electron chi connectivity index (χ1n) is 13.8. The van der Waals surface area contributed by atoms with Crippen LogP contribution in [-0.4, -0.2) is 22.4 Å². The minimum Gasteiger partial charge on any atom is -0.393 e. The Kier molecular flexibility index (Phi) is 5.02. The second kappa shape index (κ2) is 6.87. The lowest BCUT2D eigenvalue weighted by atomic mass is 9.33. The van der Waals surface area contributed by atoms with Crippen LogP contribution in [0.1, 0.15) is 107 Å². The van der Waals surface area contributed by atoms with Crippen LogP contribution in [0.2, 0.25) is 0 Å². The molecule has 2 N–H and O–H groups in total. The van der Waals surface area contributed by atoms with Crippen LogP contribution in [0.5, 0.6) is 0 Å². The van der Waals surface area contributed by atoms with Crippen molar-refractivity contribution in [2.75, 3.05) is 0 Å². The number of hydrogen-bond donors (Lipinski definition) is 2. The van der Waals surface area contributed by atoms with E-state index in [0.29, 0.717) is 23.2 Å². The van der Waals surface area contributed by atoms with Crippen LogP contribution in [0.4, 0.5) is 0 Å². The lowest BCUT2D eigenvalue weighted by Gasteiger charge is -2.72. The second-order valence-electron chi connectivity index (χ2n) is 14.8. The predicted octanol–water partition coefficient (Wildman–Crippen LogP) is 7.00. The topological polar surface area (TPSA) is 40.5 Å². The molecule has 0 saturated heterocycles. The minimum absolute atomic E-state index is 0.0720. The van der Waals surface area contributed by atoms with E-state index in [9.17, 15) is 10.2 Å². The molecule has 11 atom stereocenters. The number of fused-ring (bicyclic) bond motifs is 7. The van der Waals surface area contributed by atoms with E-state index in [1.54, 1.807) is 5.57 Å². The van der Waals surface area contributed by atoms with E-state index in [1.807, 2.05) is 0 Å². The van der Waals surface area contributed by atoms with Crippen molar-refractivity contribution in [1.82, 2.24) is 0 Å². The summed E-state index contributed by atoms with van der Waals surface area (Å²) >= 11 is 0. The van der Waals surface area contributed by atoms with E-state index in [4.69, 9.17) is 0 Å². The Morgan fingerprint density at radius 1 is 0.812 bits per heavy atom. The van der Waals surface area contributed by atoms with Gasteiger partial charge in [0.05, 0.1) is 12.2 Å². The molecule has 0 radical (unpaired) electrons. The molecule has 182 valence electrons. The maximum absolute atomic E-state index is 12.0. The van der Waals surface area contributed by atoms with Crippen molar-refractivity contribution in [2.45, 2.75) is 119 Å². The van der Waals surface area contributed by atoms with Crippen LogP contribution < -0.4 is 0 Å². The summed E-state index contributed by atoms with van der Waals surface area (Å²) in [5.74, 6) is 2.85. The molecule has 0 heterocycles. The van der Waals surface area contributed by atoms with Gasteiger partial charge in [0, 0.05) is 5.92 Å². The average molecular weight is 443 g/mol. The van der Waals surface area contributed by atoms with Crippen LogP contribution in [0.3, 0.4) is 0 Å². The Morgan fingerprint density at radius 2 is 1.50 bits per heavy atom. The quantitative estimate of drug-likeness (QED) is 0.397. The normalized spacial score (nSPS) is 59.2. The van der Waals surface area contributed by atoms with Gasteiger partial charge >= 0.3 is 0 Å². The second-order valence-corrected chi connectivity index (χ2v) is 14.8. The first-order valence-corrected chi connectivity index (χ1v) is 13.8. The van der Waals surface area contributed by atoms with Gasteiger partial charge in [-0.2, -0.15) is 0 Å². The molecule has 5 rings (SSSR count).